The van der Waals surface area contributed by atoms with Crippen LogP contribution in [0.2, 0.25) is 0 Å². The van der Waals surface area contributed by atoms with Crippen molar-refractivity contribution in [3.63, 3.8) is 0 Å². The van der Waals surface area contributed by atoms with Gasteiger partial charge in [-0.1, -0.05) is 30.3 Å². The summed E-state index contributed by atoms with van der Waals surface area (Å²) in [5, 5.41) is 0. The Morgan fingerprint density at radius 3 is 2.78 bits per heavy atom. The monoisotopic (exact) mass is 237 g/mol. The molecule has 0 radical (unpaired) electrons. The Balaban J connectivity index is 1.55. The smallest absolute Gasteiger partial charge is 0.0406 e. The zero-order valence-electron chi connectivity index (χ0n) is 10.8. The lowest BCUT2D eigenvalue weighted by Crippen LogP contribution is -1.93. The summed E-state index contributed by atoms with van der Waals surface area (Å²) in [4.78, 5) is 4.44. The average molecular weight is 237 g/mol. The molecule has 2 atom stereocenters. The van der Waals surface area contributed by atoms with E-state index >= 15 is 0 Å². The summed E-state index contributed by atoms with van der Waals surface area (Å²) in [5.74, 6) is 1.67. The number of aromatic nitrogens is 1. The number of rotatable bonds is 4. The molecule has 0 N–H and O–H groups in total. The van der Waals surface area contributed by atoms with Gasteiger partial charge in [-0.25, -0.2) is 0 Å². The van der Waals surface area contributed by atoms with Crippen LogP contribution in [0.25, 0.3) is 0 Å². The molecule has 18 heavy (non-hydrogen) atoms. The molecule has 1 fully saturated rings. The Hall–Kier alpha value is -1.63. The molecule has 0 aliphatic heterocycles. The standard InChI is InChI=1S/C17H19N/c1-13-9-10-18-16(11-13)8-7-15-12-17(15)14-5-3-2-4-6-14/h2-6,9-11,15,17H,7-8,12H2,1H3/t15-,17?/m0/s1. The highest BCUT2D eigenvalue weighted by molar-refractivity contribution is 5.25. The number of aryl methyl sites for hydroxylation is 2. The normalized spacial score (nSPS) is 21.8. The van der Waals surface area contributed by atoms with Gasteiger partial charge in [0.05, 0.1) is 0 Å². The van der Waals surface area contributed by atoms with Gasteiger partial charge in [-0.05, 0) is 61.3 Å². The molecule has 1 aromatic heterocycles. The third-order valence-electron chi connectivity index (χ3n) is 3.89. The third-order valence-corrected chi connectivity index (χ3v) is 3.89. The minimum absolute atomic E-state index is 0.802. The number of hydrogen-bond acceptors (Lipinski definition) is 1. The van der Waals surface area contributed by atoms with Crippen molar-refractivity contribution in [1.82, 2.24) is 4.98 Å². The zero-order valence-corrected chi connectivity index (χ0v) is 10.8. The fraction of sp³-hybridized carbons (Fsp3) is 0.353. The predicted octanol–water partition coefficient (Wildman–Crippen LogP) is 4.13. The molecule has 1 unspecified atom stereocenters. The van der Waals surface area contributed by atoms with E-state index in [1.807, 2.05) is 6.20 Å². The number of nitrogens with zero attached hydrogens (tertiary/aromatic N) is 1. The molecule has 1 nitrogen and oxygen atoms in total. The largest absolute Gasteiger partial charge is 0.261 e. The van der Waals surface area contributed by atoms with Gasteiger partial charge in [-0.2, -0.15) is 0 Å². The average Bonchev–Trinajstić information content (AvgIpc) is 3.17. The van der Waals surface area contributed by atoms with Crippen LogP contribution >= 0.6 is 0 Å². The Kier molecular flexibility index (Phi) is 3.14. The maximum atomic E-state index is 4.44. The van der Waals surface area contributed by atoms with Crippen LogP contribution in [0, 0.1) is 12.8 Å². The van der Waals surface area contributed by atoms with Crippen molar-refractivity contribution in [1.29, 1.82) is 0 Å². The van der Waals surface area contributed by atoms with Gasteiger partial charge >= 0.3 is 0 Å². The van der Waals surface area contributed by atoms with Gasteiger partial charge in [-0.15, -0.1) is 0 Å². The van der Waals surface area contributed by atoms with Crippen LogP contribution in [0.1, 0.15) is 35.6 Å². The fourth-order valence-electron chi connectivity index (χ4n) is 2.74. The summed E-state index contributed by atoms with van der Waals surface area (Å²) in [5.41, 5.74) is 4.07. The van der Waals surface area contributed by atoms with E-state index in [2.05, 4.69) is 54.4 Å². The van der Waals surface area contributed by atoms with Gasteiger partial charge < -0.3 is 0 Å². The van der Waals surface area contributed by atoms with Crippen molar-refractivity contribution < 1.29 is 0 Å². The molecular formula is C17H19N. The van der Waals surface area contributed by atoms with Crippen molar-refractivity contribution in [3.8, 4) is 0 Å². The highest BCUT2D eigenvalue weighted by Crippen LogP contribution is 2.49. The summed E-state index contributed by atoms with van der Waals surface area (Å²) in [6, 6.07) is 15.2. The first kappa shape index (κ1) is 11.5. The van der Waals surface area contributed by atoms with Crippen LogP contribution < -0.4 is 0 Å². The SMILES string of the molecule is Cc1ccnc(CC[C@H]2CC2c2ccccc2)c1. The molecule has 2 aromatic rings. The van der Waals surface area contributed by atoms with E-state index in [1.165, 1.54) is 29.7 Å². The van der Waals surface area contributed by atoms with E-state index in [1.54, 1.807) is 0 Å². The summed E-state index contributed by atoms with van der Waals surface area (Å²) in [6.07, 6.45) is 5.67. The molecule has 1 aliphatic rings. The molecule has 0 bridgehead atoms. The summed E-state index contributed by atoms with van der Waals surface area (Å²) in [7, 11) is 0. The maximum Gasteiger partial charge on any atom is 0.0406 e. The summed E-state index contributed by atoms with van der Waals surface area (Å²) >= 11 is 0. The van der Waals surface area contributed by atoms with Crippen molar-refractivity contribution >= 4 is 0 Å². The van der Waals surface area contributed by atoms with Crippen molar-refractivity contribution in [2.24, 2.45) is 5.92 Å². The molecule has 3 rings (SSSR count). The van der Waals surface area contributed by atoms with Crippen molar-refractivity contribution in [3.05, 3.63) is 65.5 Å². The van der Waals surface area contributed by atoms with Crippen LogP contribution in [-0.4, -0.2) is 4.98 Å². The summed E-state index contributed by atoms with van der Waals surface area (Å²) < 4.78 is 0. The van der Waals surface area contributed by atoms with Gasteiger partial charge in [-0.3, -0.25) is 4.98 Å². The van der Waals surface area contributed by atoms with Crippen molar-refractivity contribution in [2.45, 2.75) is 32.1 Å². The lowest BCUT2D eigenvalue weighted by atomic mass is 10.1. The molecule has 1 aromatic carbocycles. The van der Waals surface area contributed by atoms with E-state index in [9.17, 15) is 0 Å². The molecule has 1 saturated carbocycles. The van der Waals surface area contributed by atoms with Gasteiger partial charge in [0.1, 0.15) is 0 Å². The van der Waals surface area contributed by atoms with E-state index < -0.39 is 0 Å². The van der Waals surface area contributed by atoms with Gasteiger partial charge in [0.15, 0.2) is 0 Å². The first-order chi connectivity index (χ1) is 8.83. The molecular weight excluding hydrogens is 218 g/mol. The highest BCUT2D eigenvalue weighted by atomic mass is 14.7. The van der Waals surface area contributed by atoms with Crippen LogP contribution in [-0.2, 0) is 6.42 Å². The minimum atomic E-state index is 0.802. The van der Waals surface area contributed by atoms with Crippen LogP contribution in [0.3, 0.4) is 0 Å². The first-order valence-electron chi connectivity index (χ1n) is 6.79. The molecule has 0 amide bonds. The lowest BCUT2D eigenvalue weighted by molar-refractivity contribution is 0.692. The van der Waals surface area contributed by atoms with E-state index in [-0.39, 0.29) is 0 Å². The molecule has 92 valence electrons. The molecule has 1 heterocycles. The second-order valence-corrected chi connectivity index (χ2v) is 5.38. The second-order valence-electron chi connectivity index (χ2n) is 5.38. The molecule has 1 aliphatic carbocycles. The Bertz CT molecular complexity index is 518. The van der Waals surface area contributed by atoms with E-state index in [0.717, 1.165) is 18.3 Å². The van der Waals surface area contributed by atoms with Gasteiger partial charge in [0, 0.05) is 11.9 Å². The van der Waals surface area contributed by atoms with Gasteiger partial charge in [0.25, 0.3) is 0 Å². The fourth-order valence-corrected chi connectivity index (χ4v) is 2.74. The van der Waals surface area contributed by atoms with Gasteiger partial charge in [0.2, 0.25) is 0 Å². The van der Waals surface area contributed by atoms with E-state index in [0.29, 0.717) is 0 Å². The summed E-state index contributed by atoms with van der Waals surface area (Å²) in [6.45, 7) is 2.13. The number of pyridine rings is 1. The molecule has 1 heteroatoms. The topological polar surface area (TPSA) is 12.9 Å². The lowest BCUT2D eigenvalue weighted by Gasteiger charge is -2.02. The molecule has 0 saturated heterocycles. The Morgan fingerprint density at radius 2 is 2.00 bits per heavy atom. The number of hydrogen-bond donors (Lipinski definition) is 0. The Morgan fingerprint density at radius 1 is 1.17 bits per heavy atom. The minimum Gasteiger partial charge on any atom is -0.261 e. The van der Waals surface area contributed by atoms with Crippen LogP contribution in [0.5, 0.6) is 0 Å². The molecule has 0 spiro atoms. The predicted molar refractivity (Wildman–Crippen MR) is 74.6 cm³/mol. The van der Waals surface area contributed by atoms with E-state index in [4.69, 9.17) is 0 Å². The van der Waals surface area contributed by atoms with Crippen molar-refractivity contribution in [2.75, 3.05) is 0 Å². The Labute approximate surface area is 109 Å². The maximum absolute atomic E-state index is 4.44. The quantitative estimate of drug-likeness (QED) is 0.779. The number of benzene rings is 1. The second kappa shape index (κ2) is 4.93. The highest BCUT2D eigenvalue weighted by Gasteiger charge is 2.37. The third kappa shape index (κ3) is 2.61. The first-order valence-corrected chi connectivity index (χ1v) is 6.79. The zero-order chi connectivity index (χ0) is 12.4. The van der Waals surface area contributed by atoms with Crippen LogP contribution in [0.4, 0.5) is 0 Å². The van der Waals surface area contributed by atoms with Crippen LogP contribution in [0.15, 0.2) is 48.7 Å².